The molecule has 1 aromatic carbocycles. The van der Waals surface area contributed by atoms with E-state index >= 15 is 0 Å². The van der Waals surface area contributed by atoms with Crippen molar-refractivity contribution in [3.8, 4) is 0 Å². The lowest BCUT2D eigenvalue weighted by atomic mass is 10.2. The van der Waals surface area contributed by atoms with Gasteiger partial charge in [-0.25, -0.2) is 4.98 Å². The van der Waals surface area contributed by atoms with Crippen LogP contribution < -0.4 is 10.6 Å². The molecule has 0 aliphatic rings. The van der Waals surface area contributed by atoms with Gasteiger partial charge in [0.05, 0.1) is 0 Å². The second kappa shape index (κ2) is 5.19. The molecule has 0 radical (unpaired) electrons. The molecule has 2 rings (SSSR count). The van der Waals surface area contributed by atoms with Gasteiger partial charge in [0.25, 0.3) is 0 Å². The Labute approximate surface area is 109 Å². The lowest BCUT2D eigenvalue weighted by molar-refractivity contribution is 0.898. The lowest BCUT2D eigenvalue weighted by Crippen LogP contribution is -2.17. The van der Waals surface area contributed by atoms with Gasteiger partial charge in [-0.05, 0) is 23.8 Å². The van der Waals surface area contributed by atoms with Gasteiger partial charge in [0, 0.05) is 36.0 Å². The predicted molar refractivity (Wildman–Crippen MR) is 74.9 cm³/mol. The van der Waals surface area contributed by atoms with Crippen molar-refractivity contribution in [2.75, 3.05) is 17.7 Å². The SMILES string of the molecule is CN(Cc1ccc(Br)cc1)c1cc(N)ccn1. The van der Waals surface area contributed by atoms with E-state index < -0.39 is 0 Å². The quantitative estimate of drug-likeness (QED) is 0.945. The summed E-state index contributed by atoms with van der Waals surface area (Å²) < 4.78 is 1.09. The third-order valence-electron chi connectivity index (χ3n) is 2.49. The van der Waals surface area contributed by atoms with Gasteiger partial charge in [-0.1, -0.05) is 28.1 Å². The molecule has 0 unspecified atom stereocenters. The molecule has 0 aliphatic carbocycles. The fourth-order valence-electron chi connectivity index (χ4n) is 1.59. The van der Waals surface area contributed by atoms with Crippen molar-refractivity contribution in [3.63, 3.8) is 0 Å². The van der Waals surface area contributed by atoms with Crippen LogP contribution in [0, 0.1) is 0 Å². The number of nitrogens with zero attached hydrogens (tertiary/aromatic N) is 2. The van der Waals surface area contributed by atoms with E-state index in [1.165, 1.54) is 5.56 Å². The summed E-state index contributed by atoms with van der Waals surface area (Å²) in [4.78, 5) is 6.36. The molecule has 0 aliphatic heterocycles. The molecule has 0 bridgehead atoms. The molecule has 4 heteroatoms. The van der Waals surface area contributed by atoms with Crippen molar-refractivity contribution in [2.45, 2.75) is 6.54 Å². The summed E-state index contributed by atoms with van der Waals surface area (Å²) in [5.74, 6) is 0.882. The first-order chi connectivity index (χ1) is 8.15. The fraction of sp³-hybridized carbons (Fsp3) is 0.154. The summed E-state index contributed by atoms with van der Waals surface area (Å²) in [5, 5.41) is 0. The van der Waals surface area contributed by atoms with Crippen molar-refractivity contribution >= 4 is 27.4 Å². The minimum Gasteiger partial charge on any atom is -0.399 e. The van der Waals surface area contributed by atoms with Crippen molar-refractivity contribution in [1.29, 1.82) is 0 Å². The molecule has 1 aromatic heterocycles. The number of hydrogen-bond donors (Lipinski definition) is 1. The second-order valence-electron chi connectivity index (χ2n) is 3.93. The summed E-state index contributed by atoms with van der Waals surface area (Å²) in [6.45, 7) is 0.809. The largest absolute Gasteiger partial charge is 0.399 e. The molecule has 0 spiro atoms. The first-order valence-corrected chi connectivity index (χ1v) is 6.11. The topological polar surface area (TPSA) is 42.1 Å². The Morgan fingerprint density at radius 2 is 1.94 bits per heavy atom. The fourth-order valence-corrected chi connectivity index (χ4v) is 1.85. The third-order valence-corrected chi connectivity index (χ3v) is 3.02. The summed E-state index contributed by atoms with van der Waals surface area (Å²) in [6, 6.07) is 11.9. The standard InChI is InChI=1S/C13H14BrN3/c1-17(13-8-12(15)6-7-16-13)9-10-2-4-11(14)5-3-10/h2-8H,9H2,1H3,(H2,15,16). The summed E-state index contributed by atoms with van der Waals surface area (Å²) in [5.41, 5.74) is 7.71. The second-order valence-corrected chi connectivity index (χ2v) is 4.85. The van der Waals surface area contributed by atoms with Gasteiger partial charge in [0.15, 0.2) is 0 Å². The van der Waals surface area contributed by atoms with E-state index in [0.717, 1.165) is 22.5 Å². The van der Waals surface area contributed by atoms with Crippen LogP contribution in [0.4, 0.5) is 11.5 Å². The van der Waals surface area contributed by atoms with E-state index in [1.807, 2.05) is 25.2 Å². The maximum Gasteiger partial charge on any atom is 0.130 e. The smallest absolute Gasteiger partial charge is 0.130 e. The summed E-state index contributed by atoms with van der Waals surface area (Å²) in [6.07, 6.45) is 1.72. The number of anilines is 2. The van der Waals surface area contributed by atoms with E-state index in [1.54, 1.807) is 12.3 Å². The maximum atomic E-state index is 5.74. The zero-order valence-electron chi connectivity index (χ0n) is 9.60. The number of aromatic nitrogens is 1. The summed E-state index contributed by atoms with van der Waals surface area (Å²) in [7, 11) is 2.00. The highest BCUT2D eigenvalue weighted by Crippen LogP contribution is 2.16. The number of nitrogen functional groups attached to an aromatic ring is 1. The van der Waals surface area contributed by atoms with Crippen LogP contribution in [0.15, 0.2) is 47.1 Å². The molecular formula is C13H14BrN3. The monoisotopic (exact) mass is 291 g/mol. The number of benzene rings is 1. The molecule has 2 aromatic rings. The zero-order valence-corrected chi connectivity index (χ0v) is 11.2. The van der Waals surface area contributed by atoms with Gasteiger partial charge in [-0.2, -0.15) is 0 Å². The van der Waals surface area contributed by atoms with E-state index in [4.69, 9.17) is 5.73 Å². The average Bonchev–Trinajstić information content (AvgIpc) is 2.32. The van der Waals surface area contributed by atoms with Gasteiger partial charge in [0.2, 0.25) is 0 Å². The number of pyridine rings is 1. The number of halogens is 1. The molecule has 2 N–H and O–H groups in total. The van der Waals surface area contributed by atoms with Gasteiger partial charge in [0.1, 0.15) is 5.82 Å². The van der Waals surface area contributed by atoms with E-state index in [2.05, 4.69) is 37.9 Å². The maximum absolute atomic E-state index is 5.74. The van der Waals surface area contributed by atoms with Crippen LogP contribution in [0.1, 0.15) is 5.56 Å². The van der Waals surface area contributed by atoms with Crippen LogP contribution in [0.25, 0.3) is 0 Å². The molecule has 0 amide bonds. The Hall–Kier alpha value is -1.55. The van der Waals surface area contributed by atoms with E-state index in [0.29, 0.717) is 0 Å². The minimum absolute atomic E-state index is 0.734. The van der Waals surface area contributed by atoms with E-state index in [9.17, 15) is 0 Å². The molecule has 88 valence electrons. The molecule has 0 saturated carbocycles. The van der Waals surface area contributed by atoms with Crippen molar-refractivity contribution < 1.29 is 0 Å². The highest BCUT2D eigenvalue weighted by molar-refractivity contribution is 9.10. The Morgan fingerprint density at radius 1 is 1.24 bits per heavy atom. The van der Waals surface area contributed by atoms with Crippen LogP contribution >= 0.6 is 15.9 Å². The van der Waals surface area contributed by atoms with Crippen LogP contribution in [-0.2, 0) is 6.54 Å². The molecule has 0 saturated heterocycles. The normalized spacial score (nSPS) is 10.2. The van der Waals surface area contributed by atoms with Crippen molar-refractivity contribution in [2.24, 2.45) is 0 Å². The van der Waals surface area contributed by atoms with Gasteiger partial charge < -0.3 is 10.6 Å². The zero-order chi connectivity index (χ0) is 12.3. The first-order valence-electron chi connectivity index (χ1n) is 5.32. The Morgan fingerprint density at radius 3 is 2.59 bits per heavy atom. The van der Waals surface area contributed by atoms with Gasteiger partial charge in [-0.3, -0.25) is 0 Å². The minimum atomic E-state index is 0.734. The van der Waals surface area contributed by atoms with Gasteiger partial charge >= 0.3 is 0 Å². The van der Waals surface area contributed by atoms with Crippen molar-refractivity contribution in [1.82, 2.24) is 4.98 Å². The van der Waals surface area contributed by atoms with Crippen LogP contribution in [0.3, 0.4) is 0 Å². The number of rotatable bonds is 3. The average molecular weight is 292 g/mol. The Bertz CT molecular complexity index is 496. The molecule has 3 nitrogen and oxygen atoms in total. The Kier molecular flexibility index (Phi) is 3.64. The molecule has 0 atom stereocenters. The first kappa shape index (κ1) is 11.9. The van der Waals surface area contributed by atoms with E-state index in [-0.39, 0.29) is 0 Å². The third kappa shape index (κ3) is 3.20. The summed E-state index contributed by atoms with van der Waals surface area (Å²) >= 11 is 3.42. The lowest BCUT2D eigenvalue weighted by Gasteiger charge is -2.18. The number of nitrogens with two attached hydrogens (primary N) is 1. The van der Waals surface area contributed by atoms with Gasteiger partial charge in [-0.15, -0.1) is 0 Å². The van der Waals surface area contributed by atoms with Crippen molar-refractivity contribution in [3.05, 3.63) is 52.6 Å². The van der Waals surface area contributed by atoms with Crippen LogP contribution in [0.5, 0.6) is 0 Å². The Balaban J connectivity index is 2.11. The molecule has 0 fully saturated rings. The highest BCUT2D eigenvalue weighted by atomic mass is 79.9. The number of hydrogen-bond acceptors (Lipinski definition) is 3. The molecular weight excluding hydrogens is 278 g/mol. The van der Waals surface area contributed by atoms with Crippen LogP contribution in [0.2, 0.25) is 0 Å². The predicted octanol–water partition coefficient (Wildman–Crippen LogP) is 3.06. The van der Waals surface area contributed by atoms with Crippen LogP contribution in [-0.4, -0.2) is 12.0 Å². The molecule has 1 heterocycles. The molecule has 17 heavy (non-hydrogen) atoms. The highest BCUT2D eigenvalue weighted by Gasteiger charge is 2.03.